The quantitative estimate of drug-likeness (QED) is 0.750. The molecule has 2 rings (SSSR count). The van der Waals surface area contributed by atoms with E-state index in [1.165, 1.54) is 0 Å². The summed E-state index contributed by atoms with van der Waals surface area (Å²) in [6, 6.07) is 0. The molecular weight excluding hydrogens is 277 g/mol. The van der Waals surface area contributed by atoms with Gasteiger partial charge in [0.05, 0.1) is 17.8 Å². The Morgan fingerprint density at radius 1 is 1.45 bits per heavy atom. The molecule has 1 aliphatic heterocycles. The van der Waals surface area contributed by atoms with Crippen molar-refractivity contribution in [2.75, 3.05) is 0 Å². The third-order valence-corrected chi connectivity index (χ3v) is 4.15. The molecule has 0 spiro atoms. The average Bonchev–Trinajstić information content (AvgIpc) is 2.68. The predicted octanol–water partition coefficient (Wildman–Crippen LogP) is 2.46. The molecule has 2 fully saturated rings. The molecule has 2 bridgehead atoms. The van der Waals surface area contributed by atoms with E-state index in [1.807, 2.05) is 0 Å². The summed E-state index contributed by atoms with van der Waals surface area (Å²) >= 11 is 0. The average molecular weight is 294 g/mol. The monoisotopic (exact) mass is 294 g/mol. The molecule has 114 valence electrons. The van der Waals surface area contributed by atoms with Crippen LogP contribution in [0.1, 0.15) is 33.1 Å². The molecule has 4 nitrogen and oxygen atoms in total. The summed E-state index contributed by atoms with van der Waals surface area (Å²) in [5, 5.41) is 0. The van der Waals surface area contributed by atoms with Gasteiger partial charge >= 0.3 is 18.1 Å². The highest BCUT2D eigenvalue weighted by molar-refractivity contribution is 5.76. The molecule has 0 radical (unpaired) electrons. The summed E-state index contributed by atoms with van der Waals surface area (Å²) in [4.78, 5) is 23.2. The van der Waals surface area contributed by atoms with Crippen LogP contribution in [0.15, 0.2) is 0 Å². The van der Waals surface area contributed by atoms with Gasteiger partial charge in [-0.2, -0.15) is 13.2 Å². The third-order valence-electron chi connectivity index (χ3n) is 4.15. The number of carbonyl (C=O) groups excluding carboxylic acids is 2. The van der Waals surface area contributed by atoms with E-state index in [0.717, 1.165) is 0 Å². The number of hydrogen-bond acceptors (Lipinski definition) is 4. The molecule has 1 aliphatic carbocycles. The summed E-state index contributed by atoms with van der Waals surface area (Å²) < 4.78 is 48.9. The van der Waals surface area contributed by atoms with Crippen LogP contribution in [0, 0.1) is 17.8 Å². The maximum Gasteiger partial charge on any atom is 0.392 e. The lowest BCUT2D eigenvalue weighted by Gasteiger charge is -2.32. The number of rotatable bonds is 3. The molecule has 0 aromatic heterocycles. The summed E-state index contributed by atoms with van der Waals surface area (Å²) in [6.07, 6.45) is -6.10. The first kappa shape index (κ1) is 15.1. The minimum atomic E-state index is -4.49. The number of fused-ring (bicyclic) bond motifs is 2. The smallest absolute Gasteiger partial charge is 0.392 e. The fraction of sp³-hybridized carbons (Fsp3) is 0.846. The van der Waals surface area contributed by atoms with Crippen molar-refractivity contribution in [1.29, 1.82) is 0 Å². The number of halogens is 3. The van der Waals surface area contributed by atoms with E-state index in [0.29, 0.717) is 6.42 Å². The van der Waals surface area contributed by atoms with E-state index in [4.69, 9.17) is 9.47 Å². The fourth-order valence-corrected chi connectivity index (χ4v) is 2.67. The lowest BCUT2D eigenvalue weighted by Crippen LogP contribution is -2.43. The van der Waals surface area contributed by atoms with Crippen LogP contribution in [0.25, 0.3) is 0 Å². The SMILES string of the molecule is CCC(C)C(=O)OC1CC(C(F)(F)F)C2CC1OC2=O. The molecule has 2 aliphatic rings. The lowest BCUT2D eigenvalue weighted by molar-refractivity contribution is -0.206. The topological polar surface area (TPSA) is 52.6 Å². The van der Waals surface area contributed by atoms with Gasteiger partial charge in [-0.3, -0.25) is 9.59 Å². The molecular formula is C13H17F3O4. The zero-order valence-corrected chi connectivity index (χ0v) is 11.3. The van der Waals surface area contributed by atoms with Crippen LogP contribution in [0.5, 0.6) is 0 Å². The summed E-state index contributed by atoms with van der Waals surface area (Å²) in [7, 11) is 0. The van der Waals surface area contributed by atoms with Crippen LogP contribution >= 0.6 is 0 Å². The van der Waals surface area contributed by atoms with E-state index in [2.05, 4.69) is 0 Å². The van der Waals surface area contributed by atoms with E-state index < -0.39 is 48.6 Å². The van der Waals surface area contributed by atoms with Crippen molar-refractivity contribution in [3.8, 4) is 0 Å². The minimum absolute atomic E-state index is 0.0263. The molecule has 0 N–H and O–H groups in total. The van der Waals surface area contributed by atoms with E-state index in [9.17, 15) is 22.8 Å². The van der Waals surface area contributed by atoms with Gasteiger partial charge in [-0.15, -0.1) is 0 Å². The molecule has 1 heterocycles. The Labute approximate surface area is 114 Å². The molecule has 7 heteroatoms. The molecule has 5 unspecified atom stereocenters. The van der Waals surface area contributed by atoms with Gasteiger partial charge in [-0.05, 0) is 6.42 Å². The van der Waals surface area contributed by atoms with Crippen LogP contribution < -0.4 is 0 Å². The van der Waals surface area contributed by atoms with Gasteiger partial charge in [0, 0.05) is 12.8 Å². The molecule has 1 saturated carbocycles. The Kier molecular flexibility index (Phi) is 3.97. The molecule has 0 aromatic rings. The maximum absolute atomic E-state index is 13.0. The second-order valence-electron chi connectivity index (χ2n) is 5.49. The van der Waals surface area contributed by atoms with Crippen LogP contribution in [-0.4, -0.2) is 30.3 Å². The highest BCUT2D eigenvalue weighted by Crippen LogP contribution is 2.47. The van der Waals surface area contributed by atoms with Crippen molar-refractivity contribution in [3.05, 3.63) is 0 Å². The first-order valence-electron chi connectivity index (χ1n) is 6.71. The van der Waals surface area contributed by atoms with Crippen molar-refractivity contribution < 1.29 is 32.2 Å². The first-order chi connectivity index (χ1) is 9.24. The second-order valence-corrected chi connectivity index (χ2v) is 5.49. The molecule has 0 aromatic carbocycles. The van der Waals surface area contributed by atoms with Crippen LogP contribution in [0.2, 0.25) is 0 Å². The Balaban J connectivity index is 2.11. The number of carbonyl (C=O) groups is 2. The van der Waals surface area contributed by atoms with Gasteiger partial charge in [0.1, 0.15) is 12.2 Å². The second kappa shape index (κ2) is 5.26. The van der Waals surface area contributed by atoms with Crippen molar-refractivity contribution in [2.24, 2.45) is 17.8 Å². The number of alkyl halides is 3. The highest BCUT2D eigenvalue weighted by atomic mass is 19.4. The fourth-order valence-electron chi connectivity index (χ4n) is 2.67. The molecule has 5 atom stereocenters. The van der Waals surface area contributed by atoms with Crippen molar-refractivity contribution >= 4 is 11.9 Å². The normalized spacial score (nSPS) is 34.5. The Hall–Kier alpha value is -1.27. The number of hydrogen-bond donors (Lipinski definition) is 0. The van der Waals surface area contributed by atoms with Gasteiger partial charge in [0.2, 0.25) is 0 Å². The molecule has 1 saturated heterocycles. The van der Waals surface area contributed by atoms with Crippen LogP contribution in [-0.2, 0) is 19.1 Å². The standard InChI is InChI=1S/C13H17F3O4/c1-3-6(2)11(17)19-10-5-8(13(14,15)16)7-4-9(10)20-12(7)18/h6-10H,3-5H2,1-2H3. The van der Waals surface area contributed by atoms with Gasteiger partial charge in [-0.1, -0.05) is 13.8 Å². The Bertz CT molecular complexity index is 407. The molecule has 0 amide bonds. The number of ether oxygens (including phenoxy) is 2. The largest absolute Gasteiger partial charge is 0.458 e. The van der Waals surface area contributed by atoms with Gasteiger partial charge < -0.3 is 9.47 Å². The zero-order chi connectivity index (χ0) is 15.1. The Morgan fingerprint density at radius 3 is 2.65 bits per heavy atom. The first-order valence-corrected chi connectivity index (χ1v) is 6.71. The summed E-state index contributed by atoms with van der Waals surface area (Å²) in [6.45, 7) is 3.44. The van der Waals surface area contributed by atoms with Crippen LogP contribution in [0.3, 0.4) is 0 Å². The highest BCUT2D eigenvalue weighted by Gasteiger charge is 2.58. The summed E-state index contributed by atoms with van der Waals surface area (Å²) in [5.41, 5.74) is 0. The van der Waals surface area contributed by atoms with Crippen molar-refractivity contribution in [1.82, 2.24) is 0 Å². The van der Waals surface area contributed by atoms with Crippen LogP contribution in [0.4, 0.5) is 13.2 Å². The Morgan fingerprint density at radius 2 is 2.10 bits per heavy atom. The zero-order valence-electron chi connectivity index (χ0n) is 11.3. The predicted molar refractivity (Wildman–Crippen MR) is 61.5 cm³/mol. The van der Waals surface area contributed by atoms with Crippen molar-refractivity contribution in [2.45, 2.75) is 51.5 Å². The molecule has 20 heavy (non-hydrogen) atoms. The maximum atomic E-state index is 13.0. The van der Waals surface area contributed by atoms with E-state index >= 15 is 0 Å². The summed E-state index contributed by atoms with van der Waals surface area (Å²) in [5.74, 6) is -4.70. The van der Waals surface area contributed by atoms with Gasteiger partial charge in [0.25, 0.3) is 0 Å². The minimum Gasteiger partial charge on any atom is -0.458 e. The van der Waals surface area contributed by atoms with E-state index in [-0.39, 0.29) is 12.3 Å². The van der Waals surface area contributed by atoms with E-state index in [1.54, 1.807) is 13.8 Å². The lowest BCUT2D eigenvalue weighted by atomic mass is 9.78. The number of esters is 2. The van der Waals surface area contributed by atoms with Gasteiger partial charge in [0.15, 0.2) is 0 Å². The van der Waals surface area contributed by atoms with Crippen molar-refractivity contribution in [3.63, 3.8) is 0 Å². The third kappa shape index (κ3) is 2.76. The van der Waals surface area contributed by atoms with Gasteiger partial charge in [-0.25, -0.2) is 0 Å².